The molecule has 1 unspecified atom stereocenters. The van der Waals surface area contributed by atoms with Crippen molar-refractivity contribution in [2.45, 2.75) is 26.3 Å². The average molecular weight is 195 g/mol. The molecule has 1 rings (SSSR count). The molecule has 0 aliphatic heterocycles. The van der Waals surface area contributed by atoms with Crippen molar-refractivity contribution < 1.29 is 0 Å². The molecule has 0 amide bonds. The van der Waals surface area contributed by atoms with Crippen molar-refractivity contribution in [1.82, 2.24) is 5.32 Å². The first-order valence-electron chi connectivity index (χ1n) is 4.61. The summed E-state index contributed by atoms with van der Waals surface area (Å²) in [6.45, 7) is 9.17. The molecule has 0 bridgehead atoms. The maximum atomic E-state index is 3.88. The molecule has 1 nitrogen and oxygen atoms in total. The molecule has 1 heterocycles. The smallest absolute Gasteiger partial charge is 0.0386 e. The standard InChI is InChI=1S/C11H17NS/c1-9(2)6-7-12-10(3)11-5-4-8-13-11/h4-5,8,10,12H,1,6-7H2,2-3H3. The molecule has 0 aromatic carbocycles. The van der Waals surface area contributed by atoms with Gasteiger partial charge in [-0.3, -0.25) is 0 Å². The Morgan fingerprint density at radius 1 is 1.69 bits per heavy atom. The van der Waals surface area contributed by atoms with Crippen molar-refractivity contribution in [2.24, 2.45) is 0 Å². The lowest BCUT2D eigenvalue weighted by Crippen LogP contribution is -2.18. The summed E-state index contributed by atoms with van der Waals surface area (Å²) in [6.07, 6.45) is 1.07. The summed E-state index contributed by atoms with van der Waals surface area (Å²) in [5, 5.41) is 5.58. The average Bonchev–Trinajstić information content (AvgIpc) is 2.55. The first-order chi connectivity index (χ1) is 6.20. The number of rotatable bonds is 5. The van der Waals surface area contributed by atoms with Gasteiger partial charge >= 0.3 is 0 Å². The highest BCUT2D eigenvalue weighted by molar-refractivity contribution is 7.10. The van der Waals surface area contributed by atoms with Crippen LogP contribution in [0.5, 0.6) is 0 Å². The molecule has 13 heavy (non-hydrogen) atoms. The van der Waals surface area contributed by atoms with Crippen LogP contribution < -0.4 is 5.32 Å². The van der Waals surface area contributed by atoms with Gasteiger partial charge in [0.2, 0.25) is 0 Å². The molecule has 1 N–H and O–H groups in total. The van der Waals surface area contributed by atoms with Gasteiger partial charge in [0.25, 0.3) is 0 Å². The van der Waals surface area contributed by atoms with Crippen LogP contribution in [0, 0.1) is 0 Å². The van der Waals surface area contributed by atoms with Crippen molar-refractivity contribution in [1.29, 1.82) is 0 Å². The molecule has 0 saturated carbocycles. The highest BCUT2D eigenvalue weighted by Crippen LogP contribution is 2.17. The molecule has 0 aliphatic carbocycles. The minimum Gasteiger partial charge on any atom is -0.309 e. The van der Waals surface area contributed by atoms with E-state index in [2.05, 4.69) is 43.3 Å². The summed E-state index contributed by atoms with van der Waals surface area (Å²) < 4.78 is 0. The maximum Gasteiger partial charge on any atom is 0.0386 e. The van der Waals surface area contributed by atoms with Crippen LogP contribution in [-0.4, -0.2) is 6.54 Å². The summed E-state index contributed by atoms with van der Waals surface area (Å²) in [5.74, 6) is 0. The van der Waals surface area contributed by atoms with Crippen LogP contribution in [0.3, 0.4) is 0 Å². The number of hydrogen-bond acceptors (Lipinski definition) is 2. The van der Waals surface area contributed by atoms with Gasteiger partial charge in [0.15, 0.2) is 0 Å². The Kier molecular flexibility index (Phi) is 4.19. The van der Waals surface area contributed by atoms with E-state index in [1.807, 2.05) is 0 Å². The third-order valence-electron chi connectivity index (χ3n) is 1.97. The van der Waals surface area contributed by atoms with Crippen LogP contribution in [0.2, 0.25) is 0 Å². The van der Waals surface area contributed by atoms with Gasteiger partial charge in [-0.05, 0) is 38.3 Å². The van der Waals surface area contributed by atoms with E-state index >= 15 is 0 Å². The maximum absolute atomic E-state index is 3.88. The van der Waals surface area contributed by atoms with E-state index in [9.17, 15) is 0 Å². The van der Waals surface area contributed by atoms with Gasteiger partial charge in [-0.1, -0.05) is 11.6 Å². The summed E-state index contributed by atoms with van der Waals surface area (Å²) >= 11 is 1.80. The zero-order valence-corrected chi connectivity index (χ0v) is 9.16. The molecule has 2 heteroatoms. The Hall–Kier alpha value is -0.600. The summed E-state index contributed by atoms with van der Waals surface area (Å²) in [4.78, 5) is 1.40. The van der Waals surface area contributed by atoms with Crippen LogP contribution in [-0.2, 0) is 0 Å². The Morgan fingerprint density at radius 3 is 3.00 bits per heavy atom. The van der Waals surface area contributed by atoms with Gasteiger partial charge in [-0.2, -0.15) is 0 Å². The Labute approximate surface area is 84.5 Å². The highest BCUT2D eigenvalue weighted by atomic mass is 32.1. The molecule has 0 spiro atoms. The minimum atomic E-state index is 0.472. The fraction of sp³-hybridized carbons (Fsp3) is 0.455. The Bertz CT molecular complexity index is 251. The van der Waals surface area contributed by atoms with Crippen LogP contribution in [0.1, 0.15) is 31.2 Å². The first kappa shape index (κ1) is 10.5. The largest absolute Gasteiger partial charge is 0.309 e. The van der Waals surface area contributed by atoms with Crippen LogP contribution >= 0.6 is 11.3 Å². The second-order valence-electron chi connectivity index (χ2n) is 3.40. The molecule has 72 valence electrons. The lowest BCUT2D eigenvalue weighted by atomic mass is 10.2. The van der Waals surface area contributed by atoms with Crippen molar-refractivity contribution >= 4 is 11.3 Å². The van der Waals surface area contributed by atoms with Gasteiger partial charge in [0.1, 0.15) is 0 Å². The number of thiophene rings is 1. The van der Waals surface area contributed by atoms with Crippen LogP contribution in [0.25, 0.3) is 0 Å². The third-order valence-corrected chi connectivity index (χ3v) is 3.03. The molecule has 0 radical (unpaired) electrons. The normalized spacial score (nSPS) is 12.8. The molecule has 1 aromatic rings. The molecule has 1 atom stereocenters. The summed E-state index contributed by atoms with van der Waals surface area (Å²) in [5.41, 5.74) is 1.24. The quantitative estimate of drug-likeness (QED) is 0.710. The van der Waals surface area contributed by atoms with E-state index in [4.69, 9.17) is 0 Å². The van der Waals surface area contributed by atoms with Crippen LogP contribution in [0.4, 0.5) is 0 Å². The van der Waals surface area contributed by atoms with Gasteiger partial charge in [-0.15, -0.1) is 17.9 Å². The van der Waals surface area contributed by atoms with E-state index in [0.717, 1.165) is 13.0 Å². The van der Waals surface area contributed by atoms with Gasteiger partial charge in [-0.25, -0.2) is 0 Å². The lowest BCUT2D eigenvalue weighted by molar-refractivity contribution is 0.584. The highest BCUT2D eigenvalue weighted by Gasteiger charge is 2.03. The molecule has 0 fully saturated rings. The van der Waals surface area contributed by atoms with E-state index in [1.165, 1.54) is 10.5 Å². The zero-order valence-electron chi connectivity index (χ0n) is 8.34. The minimum absolute atomic E-state index is 0.472. The molecule has 1 aromatic heterocycles. The summed E-state index contributed by atoms with van der Waals surface area (Å²) in [7, 11) is 0. The van der Waals surface area contributed by atoms with E-state index in [1.54, 1.807) is 11.3 Å². The fourth-order valence-corrected chi connectivity index (χ4v) is 1.90. The fourth-order valence-electron chi connectivity index (χ4n) is 1.14. The summed E-state index contributed by atoms with van der Waals surface area (Å²) in [6, 6.07) is 4.74. The zero-order chi connectivity index (χ0) is 9.68. The predicted octanol–water partition coefficient (Wildman–Crippen LogP) is 3.36. The van der Waals surface area contributed by atoms with E-state index in [0.29, 0.717) is 6.04 Å². The number of nitrogens with one attached hydrogen (secondary N) is 1. The predicted molar refractivity (Wildman–Crippen MR) is 60.2 cm³/mol. The SMILES string of the molecule is C=C(C)CCNC(C)c1cccs1. The third kappa shape index (κ3) is 3.75. The van der Waals surface area contributed by atoms with Crippen molar-refractivity contribution in [3.8, 4) is 0 Å². The molecule has 0 aliphatic rings. The lowest BCUT2D eigenvalue weighted by Gasteiger charge is -2.11. The molecular formula is C11H17NS. The van der Waals surface area contributed by atoms with Crippen molar-refractivity contribution in [2.75, 3.05) is 6.54 Å². The second kappa shape index (κ2) is 5.20. The van der Waals surface area contributed by atoms with E-state index < -0.39 is 0 Å². The Balaban J connectivity index is 2.26. The van der Waals surface area contributed by atoms with Gasteiger partial charge < -0.3 is 5.32 Å². The molecular weight excluding hydrogens is 178 g/mol. The Morgan fingerprint density at radius 2 is 2.46 bits per heavy atom. The van der Waals surface area contributed by atoms with E-state index in [-0.39, 0.29) is 0 Å². The van der Waals surface area contributed by atoms with Crippen molar-refractivity contribution in [3.05, 3.63) is 34.5 Å². The topological polar surface area (TPSA) is 12.0 Å². The number of hydrogen-bond donors (Lipinski definition) is 1. The molecule has 0 saturated heterocycles. The van der Waals surface area contributed by atoms with Gasteiger partial charge in [0, 0.05) is 10.9 Å². The monoisotopic (exact) mass is 195 g/mol. The van der Waals surface area contributed by atoms with Crippen LogP contribution in [0.15, 0.2) is 29.7 Å². The second-order valence-corrected chi connectivity index (χ2v) is 4.38. The van der Waals surface area contributed by atoms with Gasteiger partial charge in [0.05, 0.1) is 0 Å². The van der Waals surface area contributed by atoms with Crippen molar-refractivity contribution in [3.63, 3.8) is 0 Å². The first-order valence-corrected chi connectivity index (χ1v) is 5.49.